The zero-order valence-corrected chi connectivity index (χ0v) is 11.6. The fraction of sp³-hybridized carbons (Fsp3) is 0.429. The quantitative estimate of drug-likeness (QED) is 0.817. The monoisotopic (exact) mass is 279 g/mol. The van der Waals surface area contributed by atoms with Crippen molar-refractivity contribution in [3.63, 3.8) is 0 Å². The molecule has 0 spiro atoms. The lowest BCUT2D eigenvalue weighted by molar-refractivity contribution is 0.0239. The molecule has 1 fully saturated rings. The van der Waals surface area contributed by atoms with Crippen LogP contribution in [0.15, 0.2) is 29.2 Å². The van der Waals surface area contributed by atoms with Gasteiger partial charge in [0.25, 0.3) is 0 Å². The summed E-state index contributed by atoms with van der Waals surface area (Å²) in [4.78, 5) is 0.224. The van der Waals surface area contributed by atoms with Crippen molar-refractivity contribution in [1.29, 1.82) is 0 Å². The highest BCUT2D eigenvalue weighted by atomic mass is 32.2. The Bertz CT molecular complexity index is 604. The lowest BCUT2D eigenvalue weighted by atomic mass is 9.81. The van der Waals surface area contributed by atoms with Crippen molar-refractivity contribution >= 4 is 10.0 Å². The fourth-order valence-corrected chi connectivity index (χ4v) is 2.70. The molecule has 5 heteroatoms. The van der Waals surface area contributed by atoms with Gasteiger partial charge in [-0.3, -0.25) is 0 Å². The molecular weight excluding hydrogens is 262 g/mol. The van der Waals surface area contributed by atoms with Crippen LogP contribution >= 0.6 is 0 Å². The number of hydrogen-bond donors (Lipinski definition) is 2. The summed E-state index contributed by atoms with van der Waals surface area (Å²) in [6, 6.07) is 6.61. The number of aryl methyl sites for hydroxylation is 1. The summed E-state index contributed by atoms with van der Waals surface area (Å²) < 4.78 is 26.2. The molecule has 2 N–H and O–H groups in total. The largest absolute Gasteiger partial charge is 0.378 e. The van der Waals surface area contributed by atoms with Crippen LogP contribution in [0.4, 0.5) is 0 Å². The highest BCUT2D eigenvalue weighted by Crippen LogP contribution is 2.30. The van der Waals surface area contributed by atoms with E-state index in [1.165, 1.54) is 0 Å². The van der Waals surface area contributed by atoms with E-state index in [0.717, 1.165) is 12.0 Å². The molecule has 1 aromatic carbocycles. The Morgan fingerprint density at radius 2 is 1.95 bits per heavy atom. The van der Waals surface area contributed by atoms with Crippen LogP contribution in [0.2, 0.25) is 0 Å². The second kappa shape index (κ2) is 5.33. The van der Waals surface area contributed by atoms with Crippen molar-refractivity contribution in [3.05, 3.63) is 29.8 Å². The van der Waals surface area contributed by atoms with Gasteiger partial charge in [-0.15, -0.1) is 0 Å². The molecule has 19 heavy (non-hydrogen) atoms. The van der Waals surface area contributed by atoms with Crippen LogP contribution in [0.25, 0.3) is 0 Å². The molecule has 0 heterocycles. The van der Waals surface area contributed by atoms with Gasteiger partial charge in [-0.2, -0.15) is 4.72 Å². The Labute approximate surface area is 113 Å². The van der Waals surface area contributed by atoms with E-state index in [1.54, 1.807) is 24.3 Å². The smallest absolute Gasteiger partial charge is 0.241 e. The Morgan fingerprint density at radius 3 is 2.47 bits per heavy atom. The van der Waals surface area contributed by atoms with Crippen LogP contribution in [0.1, 0.15) is 24.8 Å². The molecule has 1 aliphatic rings. The third-order valence-corrected chi connectivity index (χ3v) is 4.60. The molecule has 1 aromatic rings. The molecular formula is C14H17NO3S. The maximum Gasteiger partial charge on any atom is 0.241 e. The molecule has 0 saturated heterocycles. The van der Waals surface area contributed by atoms with Gasteiger partial charge in [0.1, 0.15) is 5.60 Å². The van der Waals surface area contributed by atoms with Gasteiger partial charge in [-0.25, -0.2) is 8.42 Å². The Morgan fingerprint density at radius 1 is 1.32 bits per heavy atom. The summed E-state index contributed by atoms with van der Waals surface area (Å²) in [5.41, 5.74) is 0.112. The third-order valence-electron chi connectivity index (χ3n) is 3.18. The summed E-state index contributed by atoms with van der Waals surface area (Å²) in [5, 5.41) is 9.74. The van der Waals surface area contributed by atoms with Crippen molar-refractivity contribution < 1.29 is 13.5 Å². The number of sulfonamides is 1. The summed E-state index contributed by atoms with van der Waals surface area (Å²) in [6.45, 7) is 1.91. The minimum atomic E-state index is -3.52. The molecule has 2 rings (SSSR count). The van der Waals surface area contributed by atoms with E-state index in [9.17, 15) is 13.5 Å². The van der Waals surface area contributed by atoms with Gasteiger partial charge in [0, 0.05) is 0 Å². The van der Waals surface area contributed by atoms with Crippen LogP contribution in [0.3, 0.4) is 0 Å². The maximum atomic E-state index is 11.9. The van der Waals surface area contributed by atoms with Crippen molar-refractivity contribution in [2.75, 3.05) is 6.54 Å². The predicted molar refractivity (Wildman–Crippen MR) is 72.9 cm³/mol. The second-order valence-electron chi connectivity index (χ2n) is 4.82. The lowest BCUT2D eigenvalue weighted by Crippen LogP contribution is -2.35. The van der Waals surface area contributed by atoms with Crippen molar-refractivity contribution in [3.8, 4) is 11.8 Å². The van der Waals surface area contributed by atoms with Crippen LogP contribution < -0.4 is 4.72 Å². The first-order valence-corrected chi connectivity index (χ1v) is 7.68. The van der Waals surface area contributed by atoms with Crippen LogP contribution in [-0.4, -0.2) is 25.7 Å². The summed E-state index contributed by atoms with van der Waals surface area (Å²) in [6.07, 6.45) is 2.32. The topological polar surface area (TPSA) is 66.4 Å². The van der Waals surface area contributed by atoms with Gasteiger partial charge in [0.15, 0.2) is 0 Å². The Kier molecular flexibility index (Phi) is 3.95. The number of aliphatic hydroxyl groups is 1. The van der Waals surface area contributed by atoms with Crippen molar-refractivity contribution in [2.45, 2.75) is 36.7 Å². The maximum absolute atomic E-state index is 11.9. The number of benzene rings is 1. The minimum absolute atomic E-state index is 0.0124. The van der Waals surface area contributed by atoms with Gasteiger partial charge in [0.2, 0.25) is 10.0 Å². The number of hydrogen-bond acceptors (Lipinski definition) is 3. The third kappa shape index (κ3) is 3.57. The molecule has 1 aliphatic carbocycles. The average molecular weight is 279 g/mol. The van der Waals surface area contributed by atoms with Gasteiger partial charge in [-0.05, 0) is 38.3 Å². The zero-order valence-electron chi connectivity index (χ0n) is 10.8. The minimum Gasteiger partial charge on any atom is -0.378 e. The van der Waals surface area contributed by atoms with E-state index in [4.69, 9.17) is 0 Å². The molecule has 0 atom stereocenters. The van der Waals surface area contributed by atoms with Gasteiger partial charge in [0.05, 0.1) is 11.4 Å². The van der Waals surface area contributed by atoms with Crippen molar-refractivity contribution in [1.82, 2.24) is 4.72 Å². The van der Waals surface area contributed by atoms with E-state index in [-0.39, 0.29) is 11.4 Å². The molecule has 0 radical (unpaired) electrons. The molecule has 102 valence electrons. The average Bonchev–Trinajstić information content (AvgIpc) is 2.33. The van der Waals surface area contributed by atoms with Crippen molar-refractivity contribution in [2.24, 2.45) is 0 Å². The summed E-state index contributed by atoms with van der Waals surface area (Å²) in [5.74, 6) is 5.38. The highest BCUT2D eigenvalue weighted by molar-refractivity contribution is 7.89. The van der Waals surface area contributed by atoms with Gasteiger partial charge in [-0.1, -0.05) is 29.5 Å². The molecule has 1 saturated carbocycles. The van der Waals surface area contributed by atoms with E-state index in [2.05, 4.69) is 16.6 Å². The standard InChI is InChI=1S/C14H17NO3S/c1-12-4-6-13(7-5-12)19(17,18)15-11-3-10-14(16)8-2-9-14/h4-7,15-16H,2,8-9,11H2,1H3. The first-order valence-electron chi connectivity index (χ1n) is 6.20. The molecule has 0 unspecified atom stereocenters. The highest BCUT2D eigenvalue weighted by Gasteiger charge is 2.31. The van der Waals surface area contributed by atoms with E-state index in [1.807, 2.05) is 6.92 Å². The van der Waals surface area contributed by atoms with Gasteiger partial charge >= 0.3 is 0 Å². The molecule has 4 nitrogen and oxygen atoms in total. The zero-order chi connectivity index (χ0) is 13.9. The SMILES string of the molecule is Cc1ccc(S(=O)(=O)NCC#CC2(O)CCC2)cc1. The molecule has 0 amide bonds. The molecule has 0 aliphatic heterocycles. The lowest BCUT2D eigenvalue weighted by Gasteiger charge is -2.30. The fourth-order valence-electron chi connectivity index (χ4n) is 1.78. The number of rotatable bonds is 3. The summed E-state index contributed by atoms with van der Waals surface area (Å²) >= 11 is 0. The molecule has 0 bridgehead atoms. The Balaban J connectivity index is 1.96. The van der Waals surface area contributed by atoms with Crippen LogP contribution in [0, 0.1) is 18.8 Å². The van der Waals surface area contributed by atoms with Crippen LogP contribution in [-0.2, 0) is 10.0 Å². The van der Waals surface area contributed by atoms with E-state index >= 15 is 0 Å². The Hall–Kier alpha value is -1.35. The number of nitrogens with one attached hydrogen (secondary N) is 1. The van der Waals surface area contributed by atoms with E-state index < -0.39 is 15.6 Å². The predicted octanol–water partition coefficient (Wildman–Crippen LogP) is 1.19. The summed E-state index contributed by atoms with van der Waals surface area (Å²) in [7, 11) is -3.52. The first kappa shape index (κ1) is 14.1. The first-order chi connectivity index (χ1) is 8.91. The van der Waals surface area contributed by atoms with E-state index in [0.29, 0.717) is 12.8 Å². The van der Waals surface area contributed by atoms with Crippen LogP contribution in [0.5, 0.6) is 0 Å². The van der Waals surface area contributed by atoms with Gasteiger partial charge < -0.3 is 5.11 Å². The second-order valence-corrected chi connectivity index (χ2v) is 6.59. The normalized spacial score (nSPS) is 17.2. The molecule has 0 aromatic heterocycles.